The molecule has 3 N–H and O–H groups in total. The molecule has 4 rings (SSSR count). The Bertz CT molecular complexity index is 961. The number of carbonyl (C=O) groups is 1. The van der Waals surface area contributed by atoms with E-state index in [4.69, 9.17) is 5.11 Å². The van der Waals surface area contributed by atoms with Crippen LogP contribution in [-0.2, 0) is 7.05 Å². The highest BCUT2D eigenvalue weighted by Gasteiger charge is 2.30. The summed E-state index contributed by atoms with van der Waals surface area (Å²) in [6.45, 7) is 2.06. The largest absolute Gasteiger partial charge is 0.395 e. The van der Waals surface area contributed by atoms with Crippen LogP contribution in [0.4, 0.5) is 5.69 Å². The molecule has 1 heterocycles. The van der Waals surface area contributed by atoms with Crippen molar-refractivity contribution >= 4 is 22.4 Å². The number of hydrogen-bond donors (Lipinski definition) is 3. The minimum atomic E-state index is 0.0347. The second-order valence-corrected chi connectivity index (χ2v) is 6.13. The Hall–Kier alpha value is -2.70. The molecule has 1 aromatic heterocycles. The predicted molar refractivity (Wildman–Crippen MR) is 98.0 cm³/mol. The summed E-state index contributed by atoms with van der Waals surface area (Å²) in [5.41, 5.74) is 4.94. The van der Waals surface area contributed by atoms with E-state index in [1.807, 2.05) is 48.1 Å². The number of carbonyl (C=O) groups excluding carboxylic acids is 1. The number of hydrogen-bond acceptors (Lipinski definition) is 5. The number of fused-ring (bicyclic) bond motifs is 2. The first-order valence-electron chi connectivity index (χ1n) is 8.41. The molecular formula is C19H20N4O2. The van der Waals surface area contributed by atoms with E-state index in [0.717, 1.165) is 27.8 Å². The molecule has 2 aromatic carbocycles. The molecule has 0 atom stereocenters. The summed E-state index contributed by atoms with van der Waals surface area (Å²) in [5, 5.41) is 20.9. The lowest BCUT2D eigenvalue weighted by Gasteiger charge is -2.18. The zero-order valence-electron chi connectivity index (χ0n) is 14.0. The number of aromatic nitrogens is 2. The van der Waals surface area contributed by atoms with E-state index in [0.29, 0.717) is 30.8 Å². The van der Waals surface area contributed by atoms with Crippen molar-refractivity contribution in [2.24, 2.45) is 7.05 Å². The van der Waals surface area contributed by atoms with Crippen molar-refractivity contribution in [1.29, 1.82) is 0 Å². The van der Waals surface area contributed by atoms with E-state index in [2.05, 4.69) is 15.7 Å². The van der Waals surface area contributed by atoms with Crippen LogP contribution in [0.15, 0.2) is 36.4 Å². The number of aliphatic hydroxyl groups is 1. The average molecular weight is 336 g/mol. The molecule has 0 bridgehead atoms. The second-order valence-electron chi connectivity index (χ2n) is 6.13. The van der Waals surface area contributed by atoms with Crippen LogP contribution in [0.1, 0.15) is 15.9 Å². The van der Waals surface area contributed by atoms with Crippen molar-refractivity contribution in [2.45, 2.75) is 0 Å². The molecular weight excluding hydrogens is 316 g/mol. The van der Waals surface area contributed by atoms with Crippen LogP contribution >= 0.6 is 0 Å². The predicted octanol–water partition coefficient (Wildman–Crippen LogP) is 1.78. The number of anilines is 1. The molecule has 1 aliphatic carbocycles. The van der Waals surface area contributed by atoms with Gasteiger partial charge in [0.05, 0.1) is 17.7 Å². The molecule has 0 fully saturated rings. The van der Waals surface area contributed by atoms with E-state index < -0.39 is 0 Å². The fraction of sp³-hybridized carbons (Fsp3) is 0.263. The minimum Gasteiger partial charge on any atom is -0.395 e. The molecule has 0 spiro atoms. The zero-order valence-corrected chi connectivity index (χ0v) is 14.0. The van der Waals surface area contributed by atoms with Gasteiger partial charge in [-0.3, -0.25) is 9.48 Å². The van der Waals surface area contributed by atoms with Gasteiger partial charge in [-0.15, -0.1) is 0 Å². The van der Waals surface area contributed by atoms with E-state index in [9.17, 15) is 4.79 Å². The number of benzene rings is 2. The summed E-state index contributed by atoms with van der Waals surface area (Å²) in [5.74, 6) is 0.0347. The number of aliphatic hydroxyl groups excluding tert-OH is 1. The molecule has 3 aromatic rings. The maximum absolute atomic E-state index is 13.1. The van der Waals surface area contributed by atoms with E-state index in [-0.39, 0.29) is 12.4 Å². The molecule has 0 saturated carbocycles. The van der Waals surface area contributed by atoms with Gasteiger partial charge in [0.2, 0.25) is 0 Å². The third kappa shape index (κ3) is 2.50. The lowest BCUT2D eigenvalue weighted by atomic mass is 9.86. The van der Waals surface area contributed by atoms with Gasteiger partial charge in [0.25, 0.3) is 0 Å². The maximum Gasteiger partial charge on any atom is 0.196 e. The second kappa shape index (κ2) is 6.31. The Morgan fingerprint density at radius 3 is 2.68 bits per heavy atom. The standard InChI is InChI=1S/C19H20N4O2/c1-23-15-7-6-14(21-9-8-20-10-11-24)16-17(15)18(22-23)12-4-2-3-5-13(12)19(16)25/h2-7,20-21,24H,8-11H2,1H3. The van der Waals surface area contributed by atoms with E-state index in [1.54, 1.807) is 0 Å². The number of nitrogens with one attached hydrogen (secondary N) is 2. The van der Waals surface area contributed by atoms with Gasteiger partial charge >= 0.3 is 0 Å². The van der Waals surface area contributed by atoms with Gasteiger partial charge in [-0.1, -0.05) is 24.3 Å². The van der Waals surface area contributed by atoms with Crippen LogP contribution in [0.5, 0.6) is 0 Å². The quantitative estimate of drug-likeness (QED) is 0.468. The Balaban J connectivity index is 1.79. The van der Waals surface area contributed by atoms with Crippen LogP contribution in [0, 0.1) is 0 Å². The van der Waals surface area contributed by atoms with Crippen molar-refractivity contribution in [3.05, 3.63) is 47.5 Å². The topological polar surface area (TPSA) is 79.2 Å². The van der Waals surface area contributed by atoms with Crippen LogP contribution in [0.2, 0.25) is 0 Å². The van der Waals surface area contributed by atoms with Crippen LogP contribution in [-0.4, -0.2) is 46.9 Å². The molecule has 0 unspecified atom stereocenters. The van der Waals surface area contributed by atoms with Gasteiger partial charge in [-0.25, -0.2) is 0 Å². The first-order valence-corrected chi connectivity index (χ1v) is 8.41. The first-order chi connectivity index (χ1) is 12.2. The van der Waals surface area contributed by atoms with Gasteiger partial charge in [0, 0.05) is 48.9 Å². The normalized spacial score (nSPS) is 12.5. The van der Waals surface area contributed by atoms with Gasteiger partial charge < -0.3 is 15.7 Å². The van der Waals surface area contributed by atoms with Crippen molar-refractivity contribution < 1.29 is 9.90 Å². The zero-order chi connectivity index (χ0) is 17.4. The molecule has 0 aliphatic heterocycles. The Morgan fingerprint density at radius 2 is 1.88 bits per heavy atom. The number of nitrogens with zero attached hydrogens (tertiary/aromatic N) is 2. The van der Waals surface area contributed by atoms with Crippen molar-refractivity contribution in [2.75, 3.05) is 31.6 Å². The lowest BCUT2D eigenvalue weighted by molar-refractivity contribution is 0.104. The smallest absolute Gasteiger partial charge is 0.196 e. The van der Waals surface area contributed by atoms with Gasteiger partial charge in [0.15, 0.2) is 5.78 Å². The molecule has 0 saturated heterocycles. The van der Waals surface area contributed by atoms with E-state index >= 15 is 0 Å². The molecule has 0 amide bonds. The molecule has 6 nitrogen and oxygen atoms in total. The minimum absolute atomic E-state index is 0.0347. The summed E-state index contributed by atoms with van der Waals surface area (Å²) in [7, 11) is 1.90. The summed E-state index contributed by atoms with van der Waals surface area (Å²) in [6, 6.07) is 11.6. The monoisotopic (exact) mass is 336 g/mol. The molecule has 25 heavy (non-hydrogen) atoms. The first kappa shape index (κ1) is 15.8. The van der Waals surface area contributed by atoms with Gasteiger partial charge in [-0.2, -0.15) is 5.10 Å². The van der Waals surface area contributed by atoms with Crippen LogP contribution in [0.3, 0.4) is 0 Å². The van der Waals surface area contributed by atoms with Crippen molar-refractivity contribution in [3.8, 4) is 11.3 Å². The highest BCUT2D eigenvalue weighted by molar-refractivity contribution is 6.27. The molecule has 1 aliphatic rings. The number of rotatable bonds is 6. The Kier molecular flexibility index (Phi) is 3.99. The summed E-state index contributed by atoms with van der Waals surface area (Å²) < 4.78 is 1.83. The molecule has 6 heteroatoms. The maximum atomic E-state index is 13.1. The Morgan fingerprint density at radius 1 is 1.08 bits per heavy atom. The summed E-state index contributed by atoms with van der Waals surface area (Å²) >= 11 is 0. The Labute approximate surface area is 145 Å². The van der Waals surface area contributed by atoms with Crippen molar-refractivity contribution in [1.82, 2.24) is 15.1 Å². The van der Waals surface area contributed by atoms with Crippen LogP contribution in [0.25, 0.3) is 22.2 Å². The van der Waals surface area contributed by atoms with Crippen LogP contribution < -0.4 is 10.6 Å². The number of aryl methyl sites for hydroxylation is 1. The highest BCUT2D eigenvalue weighted by atomic mass is 16.3. The molecule has 128 valence electrons. The molecule has 0 radical (unpaired) electrons. The summed E-state index contributed by atoms with van der Waals surface area (Å²) in [6.07, 6.45) is 0. The third-order valence-electron chi connectivity index (χ3n) is 4.58. The number of ketones is 1. The fourth-order valence-corrected chi connectivity index (χ4v) is 3.44. The van der Waals surface area contributed by atoms with Gasteiger partial charge in [-0.05, 0) is 12.1 Å². The average Bonchev–Trinajstić information content (AvgIpc) is 2.97. The SMILES string of the molecule is Cn1nc2c3c(c(NCCNCCO)ccc31)C(=O)c1ccccc1-2. The lowest BCUT2D eigenvalue weighted by Crippen LogP contribution is -2.25. The third-order valence-corrected chi connectivity index (χ3v) is 4.58. The summed E-state index contributed by atoms with van der Waals surface area (Å²) in [4.78, 5) is 13.1. The van der Waals surface area contributed by atoms with E-state index in [1.165, 1.54) is 0 Å². The van der Waals surface area contributed by atoms with Crippen molar-refractivity contribution in [3.63, 3.8) is 0 Å². The highest BCUT2D eigenvalue weighted by Crippen LogP contribution is 2.41. The van der Waals surface area contributed by atoms with Gasteiger partial charge in [0.1, 0.15) is 5.69 Å². The fourth-order valence-electron chi connectivity index (χ4n) is 3.44.